The van der Waals surface area contributed by atoms with Gasteiger partial charge < -0.3 is 19.5 Å². The van der Waals surface area contributed by atoms with Gasteiger partial charge in [-0.05, 0) is 55.5 Å². The standard InChI is InChI=1S/C18H16F3NO5/c1-11(26-17(24)12-3-7-14(25-2)8-4-12)16(23)22-13-5-9-15(10-6-13)27-18(19,20)21/h3-11H,1-2H3,(H,22,23). The lowest BCUT2D eigenvalue weighted by atomic mass is 10.2. The third kappa shape index (κ3) is 6.21. The average Bonchev–Trinajstić information content (AvgIpc) is 2.62. The molecule has 1 unspecified atom stereocenters. The first kappa shape index (κ1) is 20.1. The topological polar surface area (TPSA) is 73.9 Å². The number of anilines is 1. The smallest absolute Gasteiger partial charge is 0.497 e. The number of carbonyl (C=O) groups is 2. The molecule has 2 aromatic rings. The Morgan fingerprint density at radius 2 is 1.52 bits per heavy atom. The van der Waals surface area contributed by atoms with E-state index in [1.807, 2.05) is 0 Å². The van der Waals surface area contributed by atoms with Gasteiger partial charge in [0, 0.05) is 5.69 Å². The van der Waals surface area contributed by atoms with E-state index in [0.717, 1.165) is 12.1 Å². The van der Waals surface area contributed by atoms with E-state index in [9.17, 15) is 22.8 Å². The first-order valence-electron chi connectivity index (χ1n) is 7.69. The normalized spacial score (nSPS) is 12.0. The van der Waals surface area contributed by atoms with E-state index in [2.05, 4.69) is 10.1 Å². The van der Waals surface area contributed by atoms with Crippen molar-refractivity contribution in [1.29, 1.82) is 0 Å². The monoisotopic (exact) mass is 383 g/mol. The number of carbonyl (C=O) groups excluding carboxylic acids is 2. The lowest BCUT2D eigenvalue weighted by molar-refractivity contribution is -0.274. The van der Waals surface area contributed by atoms with Crippen LogP contribution in [0, 0.1) is 0 Å². The number of alkyl halides is 3. The molecule has 144 valence electrons. The second-order valence-corrected chi connectivity index (χ2v) is 5.34. The van der Waals surface area contributed by atoms with Gasteiger partial charge in [-0.3, -0.25) is 4.79 Å². The molecule has 0 bridgehead atoms. The van der Waals surface area contributed by atoms with Crippen molar-refractivity contribution in [3.05, 3.63) is 54.1 Å². The third-order valence-corrected chi connectivity index (χ3v) is 3.33. The lowest BCUT2D eigenvalue weighted by Gasteiger charge is -2.14. The number of amides is 1. The van der Waals surface area contributed by atoms with E-state index in [1.165, 1.54) is 38.3 Å². The highest BCUT2D eigenvalue weighted by atomic mass is 19.4. The Hall–Kier alpha value is -3.23. The van der Waals surface area contributed by atoms with Crippen molar-refractivity contribution in [2.24, 2.45) is 0 Å². The van der Waals surface area contributed by atoms with E-state index in [1.54, 1.807) is 12.1 Å². The van der Waals surface area contributed by atoms with Crippen LogP contribution in [0.3, 0.4) is 0 Å². The summed E-state index contributed by atoms with van der Waals surface area (Å²) in [6.07, 6.45) is -5.92. The van der Waals surface area contributed by atoms with Crippen molar-refractivity contribution in [2.45, 2.75) is 19.4 Å². The molecule has 0 heterocycles. The molecule has 0 spiro atoms. The Balaban J connectivity index is 1.91. The summed E-state index contributed by atoms with van der Waals surface area (Å²) in [4.78, 5) is 24.1. The van der Waals surface area contributed by atoms with E-state index >= 15 is 0 Å². The van der Waals surface area contributed by atoms with Gasteiger partial charge in [-0.1, -0.05) is 0 Å². The van der Waals surface area contributed by atoms with Crippen LogP contribution in [0.1, 0.15) is 17.3 Å². The van der Waals surface area contributed by atoms with Crippen molar-refractivity contribution in [3.8, 4) is 11.5 Å². The molecule has 0 aromatic heterocycles. The number of hydrogen-bond donors (Lipinski definition) is 1. The van der Waals surface area contributed by atoms with Crippen LogP contribution in [0.25, 0.3) is 0 Å². The van der Waals surface area contributed by atoms with Gasteiger partial charge >= 0.3 is 12.3 Å². The molecule has 1 atom stereocenters. The van der Waals surface area contributed by atoms with E-state index in [0.29, 0.717) is 5.75 Å². The Morgan fingerprint density at radius 3 is 2.04 bits per heavy atom. The summed E-state index contributed by atoms with van der Waals surface area (Å²) in [6.45, 7) is 1.37. The number of rotatable bonds is 6. The highest BCUT2D eigenvalue weighted by Crippen LogP contribution is 2.24. The van der Waals surface area contributed by atoms with Crippen LogP contribution < -0.4 is 14.8 Å². The minimum Gasteiger partial charge on any atom is -0.497 e. The fourth-order valence-electron chi connectivity index (χ4n) is 1.99. The number of hydrogen-bond acceptors (Lipinski definition) is 5. The molecular formula is C18H16F3NO5. The first-order chi connectivity index (χ1) is 12.7. The van der Waals surface area contributed by atoms with Crippen molar-refractivity contribution < 1.29 is 37.0 Å². The first-order valence-corrected chi connectivity index (χ1v) is 7.69. The van der Waals surface area contributed by atoms with Gasteiger partial charge in [-0.25, -0.2) is 4.79 Å². The predicted molar refractivity (Wildman–Crippen MR) is 89.6 cm³/mol. The van der Waals surface area contributed by atoms with E-state index in [4.69, 9.17) is 9.47 Å². The Bertz CT molecular complexity index is 788. The predicted octanol–water partition coefficient (Wildman–Crippen LogP) is 3.78. The zero-order valence-corrected chi connectivity index (χ0v) is 14.4. The van der Waals surface area contributed by atoms with Gasteiger partial charge in [0.15, 0.2) is 6.10 Å². The SMILES string of the molecule is COc1ccc(C(=O)OC(C)C(=O)Nc2ccc(OC(F)(F)F)cc2)cc1. The quantitative estimate of drug-likeness (QED) is 0.769. The molecule has 0 aliphatic carbocycles. The van der Waals surface area contributed by atoms with Crippen LogP contribution in [0.2, 0.25) is 0 Å². The van der Waals surface area contributed by atoms with Gasteiger partial charge in [-0.2, -0.15) is 0 Å². The summed E-state index contributed by atoms with van der Waals surface area (Å²) < 4.78 is 50.1. The molecule has 0 aliphatic heterocycles. The fraction of sp³-hybridized carbons (Fsp3) is 0.222. The minimum atomic E-state index is -4.80. The zero-order valence-electron chi connectivity index (χ0n) is 14.4. The summed E-state index contributed by atoms with van der Waals surface area (Å²) in [5.41, 5.74) is 0.464. The molecule has 27 heavy (non-hydrogen) atoms. The summed E-state index contributed by atoms with van der Waals surface area (Å²) >= 11 is 0. The second kappa shape index (κ2) is 8.43. The molecule has 0 saturated carbocycles. The van der Waals surface area contributed by atoms with Crippen LogP contribution in [0.5, 0.6) is 11.5 Å². The zero-order chi connectivity index (χ0) is 20.0. The Kier molecular flexibility index (Phi) is 6.27. The van der Waals surface area contributed by atoms with E-state index < -0.39 is 30.1 Å². The second-order valence-electron chi connectivity index (χ2n) is 5.34. The summed E-state index contributed by atoms with van der Waals surface area (Å²) in [5.74, 6) is -1.19. The fourth-order valence-corrected chi connectivity index (χ4v) is 1.99. The van der Waals surface area contributed by atoms with Crippen molar-refractivity contribution in [1.82, 2.24) is 0 Å². The van der Waals surface area contributed by atoms with Gasteiger partial charge in [0.1, 0.15) is 11.5 Å². The molecule has 0 radical (unpaired) electrons. The molecule has 6 nitrogen and oxygen atoms in total. The average molecular weight is 383 g/mol. The highest BCUT2D eigenvalue weighted by Gasteiger charge is 2.31. The molecule has 0 fully saturated rings. The largest absolute Gasteiger partial charge is 0.573 e. The molecule has 0 aliphatic rings. The number of nitrogens with one attached hydrogen (secondary N) is 1. The maximum atomic E-state index is 12.1. The molecule has 9 heteroatoms. The molecular weight excluding hydrogens is 367 g/mol. The van der Waals surface area contributed by atoms with Crippen LogP contribution in [0.15, 0.2) is 48.5 Å². The molecule has 0 saturated heterocycles. The number of halogens is 3. The number of ether oxygens (including phenoxy) is 3. The molecule has 2 rings (SSSR count). The molecule has 1 N–H and O–H groups in total. The van der Waals surface area contributed by atoms with Crippen LogP contribution in [0.4, 0.5) is 18.9 Å². The van der Waals surface area contributed by atoms with Gasteiger partial charge in [-0.15, -0.1) is 13.2 Å². The number of esters is 1. The molecule has 1 amide bonds. The van der Waals surface area contributed by atoms with Crippen LogP contribution >= 0.6 is 0 Å². The Morgan fingerprint density at radius 1 is 0.963 bits per heavy atom. The third-order valence-electron chi connectivity index (χ3n) is 3.33. The number of benzene rings is 2. The maximum absolute atomic E-state index is 12.1. The van der Waals surface area contributed by atoms with Crippen molar-refractivity contribution >= 4 is 17.6 Å². The molecule has 2 aromatic carbocycles. The van der Waals surface area contributed by atoms with Crippen LogP contribution in [-0.4, -0.2) is 31.5 Å². The summed E-state index contributed by atoms with van der Waals surface area (Å²) in [7, 11) is 1.49. The lowest BCUT2D eigenvalue weighted by Crippen LogP contribution is -2.30. The maximum Gasteiger partial charge on any atom is 0.573 e. The highest BCUT2D eigenvalue weighted by molar-refractivity contribution is 5.97. The van der Waals surface area contributed by atoms with Gasteiger partial charge in [0.25, 0.3) is 5.91 Å². The van der Waals surface area contributed by atoms with Crippen LogP contribution in [-0.2, 0) is 9.53 Å². The van der Waals surface area contributed by atoms with Gasteiger partial charge in [0.05, 0.1) is 12.7 Å². The van der Waals surface area contributed by atoms with Gasteiger partial charge in [0.2, 0.25) is 0 Å². The Labute approximate surface area is 152 Å². The van der Waals surface area contributed by atoms with Crippen molar-refractivity contribution in [2.75, 3.05) is 12.4 Å². The van der Waals surface area contributed by atoms with E-state index in [-0.39, 0.29) is 11.3 Å². The summed E-state index contributed by atoms with van der Waals surface area (Å²) in [6, 6.07) is 10.7. The number of methoxy groups -OCH3 is 1. The van der Waals surface area contributed by atoms with Crippen molar-refractivity contribution in [3.63, 3.8) is 0 Å². The summed E-state index contributed by atoms with van der Waals surface area (Å²) in [5, 5.41) is 2.43. The minimum absolute atomic E-state index is 0.224.